The molecule has 3 amide bonds. The van der Waals surface area contributed by atoms with Gasteiger partial charge in [0.2, 0.25) is 17.7 Å². The highest BCUT2D eigenvalue weighted by Gasteiger charge is 2.28. The molecule has 1 aliphatic carbocycles. The number of rotatable bonds is 18. The summed E-state index contributed by atoms with van der Waals surface area (Å²) in [4.78, 5) is 39.5. The number of quaternary nitrogens is 2. The molecule has 1 saturated carbocycles. The molecule has 0 aliphatic heterocycles. The van der Waals surface area contributed by atoms with Crippen LogP contribution < -0.4 is 44.2 Å². The lowest BCUT2D eigenvalue weighted by Crippen LogP contribution is -2.55. The zero-order valence-corrected chi connectivity index (χ0v) is 25.6. The maximum atomic E-state index is 13.4. The summed E-state index contributed by atoms with van der Waals surface area (Å²) in [5.74, 6) is -0.517. The second-order valence-electron chi connectivity index (χ2n) is 11.0. The summed E-state index contributed by atoms with van der Waals surface area (Å²) >= 11 is 12.1. The Kier molecular flexibility index (Phi) is 16.5. The van der Waals surface area contributed by atoms with Crippen molar-refractivity contribution in [3.63, 3.8) is 0 Å². The van der Waals surface area contributed by atoms with Gasteiger partial charge in [0, 0.05) is 12.6 Å². The van der Waals surface area contributed by atoms with Crippen LogP contribution in [0.25, 0.3) is 0 Å². The van der Waals surface area contributed by atoms with Crippen LogP contribution >= 0.6 is 23.2 Å². The SMILES string of the molecule is NC(N)NC1CCC(CNC(=O)[C@H](CCCC[NH3+])NC(=O)[C@H](CCCC[NH3+])NC(=O)Cc2ccc(Cl)c(Cl)c2)CC1. The highest BCUT2D eigenvalue weighted by Crippen LogP contribution is 2.24. The van der Waals surface area contributed by atoms with E-state index in [2.05, 4.69) is 32.7 Å². The van der Waals surface area contributed by atoms with Gasteiger partial charge in [0.1, 0.15) is 18.4 Å². The highest BCUT2D eigenvalue weighted by molar-refractivity contribution is 6.42. The number of benzene rings is 1. The van der Waals surface area contributed by atoms with Crippen LogP contribution in [0, 0.1) is 5.92 Å². The van der Waals surface area contributed by atoms with E-state index < -0.39 is 18.4 Å². The molecule has 1 aromatic carbocycles. The van der Waals surface area contributed by atoms with Gasteiger partial charge in [-0.25, -0.2) is 0 Å². The first-order valence-corrected chi connectivity index (χ1v) is 15.6. The minimum absolute atomic E-state index is 0.0540. The maximum absolute atomic E-state index is 13.4. The molecular formula is C28H50Cl2N8O3+2. The second kappa shape index (κ2) is 19.2. The van der Waals surface area contributed by atoms with Crippen molar-refractivity contribution in [2.45, 2.75) is 95.0 Å². The van der Waals surface area contributed by atoms with Crippen molar-refractivity contribution in [1.82, 2.24) is 21.3 Å². The van der Waals surface area contributed by atoms with Gasteiger partial charge in [-0.2, -0.15) is 0 Å². The molecule has 14 N–H and O–H groups in total. The second-order valence-corrected chi connectivity index (χ2v) is 11.8. The van der Waals surface area contributed by atoms with Gasteiger partial charge >= 0.3 is 0 Å². The maximum Gasteiger partial charge on any atom is 0.243 e. The number of carbonyl (C=O) groups excluding carboxylic acids is 3. The molecule has 0 bridgehead atoms. The van der Waals surface area contributed by atoms with Crippen LogP contribution in [0.1, 0.15) is 69.8 Å². The Morgan fingerprint density at radius 2 is 1.46 bits per heavy atom. The van der Waals surface area contributed by atoms with E-state index in [4.69, 9.17) is 34.7 Å². The molecule has 11 nitrogen and oxygen atoms in total. The first-order chi connectivity index (χ1) is 19.6. The van der Waals surface area contributed by atoms with Gasteiger partial charge in [0.15, 0.2) is 0 Å². The average molecular weight is 618 g/mol. The lowest BCUT2D eigenvalue weighted by atomic mass is 9.86. The lowest BCUT2D eigenvalue weighted by molar-refractivity contribution is -0.369. The Bertz CT molecular complexity index is 960. The number of carbonyl (C=O) groups is 3. The normalized spacial score (nSPS) is 18.5. The lowest BCUT2D eigenvalue weighted by Gasteiger charge is -2.31. The summed E-state index contributed by atoms with van der Waals surface area (Å²) in [6, 6.07) is 3.84. The van der Waals surface area contributed by atoms with E-state index in [1.165, 1.54) is 0 Å². The molecule has 0 aromatic heterocycles. The Labute approximate surface area is 253 Å². The molecule has 0 saturated heterocycles. The molecule has 2 atom stereocenters. The van der Waals surface area contributed by atoms with Gasteiger partial charge in [-0.15, -0.1) is 0 Å². The third-order valence-corrected chi connectivity index (χ3v) is 8.20. The van der Waals surface area contributed by atoms with Crippen LogP contribution in [0.2, 0.25) is 10.0 Å². The summed E-state index contributed by atoms with van der Waals surface area (Å²) in [7, 11) is 0. The molecule has 2 rings (SSSR count). The van der Waals surface area contributed by atoms with E-state index in [1.807, 2.05) is 0 Å². The fraction of sp³-hybridized carbons (Fsp3) is 0.679. The largest absolute Gasteiger partial charge is 0.358 e. The van der Waals surface area contributed by atoms with Crippen molar-refractivity contribution in [3.05, 3.63) is 33.8 Å². The molecule has 41 heavy (non-hydrogen) atoms. The Morgan fingerprint density at radius 3 is 2.02 bits per heavy atom. The number of nitrogens with two attached hydrogens (primary N) is 2. The molecule has 1 fully saturated rings. The quantitative estimate of drug-likeness (QED) is 0.0826. The Morgan fingerprint density at radius 1 is 0.854 bits per heavy atom. The zero-order chi connectivity index (χ0) is 30.2. The molecule has 0 unspecified atom stereocenters. The van der Waals surface area contributed by atoms with Gasteiger partial charge < -0.3 is 38.9 Å². The zero-order valence-electron chi connectivity index (χ0n) is 24.1. The summed E-state index contributed by atoms with van der Waals surface area (Å²) in [5.41, 5.74) is 19.7. The van der Waals surface area contributed by atoms with Crippen LogP contribution in [-0.4, -0.2) is 61.8 Å². The molecule has 13 heteroatoms. The average Bonchev–Trinajstić information content (AvgIpc) is 2.93. The number of nitrogens with one attached hydrogen (secondary N) is 4. The molecule has 0 heterocycles. The predicted molar refractivity (Wildman–Crippen MR) is 161 cm³/mol. The van der Waals surface area contributed by atoms with E-state index in [-0.39, 0.29) is 24.1 Å². The Hall–Kier alpha value is -1.99. The number of hydrogen-bond donors (Lipinski definition) is 8. The fourth-order valence-corrected chi connectivity index (χ4v) is 5.43. The predicted octanol–water partition coefficient (Wildman–Crippen LogP) is -0.204. The number of amides is 3. The van der Waals surface area contributed by atoms with Crippen molar-refractivity contribution in [1.29, 1.82) is 0 Å². The van der Waals surface area contributed by atoms with Gasteiger partial charge in [-0.05, 0) is 87.8 Å². The number of hydrogen-bond acceptors (Lipinski definition) is 6. The van der Waals surface area contributed by atoms with Crippen LogP contribution in [0.15, 0.2) is 18.2 Å². The summed E-state index contributed by atoms with van der Waals surface area (Å²) in [6.45, 7) is 2.04. The number of halogens is 2. The molecule has 0 radical (unpaired) electrons. The monoisotopic (exact) mass is 616 g/mol. The summed E-state index contributed by atoms with van der Waals surface area (Å²) < 4.78 is 0. The van der Waals surface area contributed by atoms with Gasteiger partial charge in [-0.3, -0.25) is 19.7 Å². The fourth-order valence-electron chi connectivity index (χ4n) is 5.11. The molecular weight excluding hydrogens is 567 g/mol. The van der Waals surface area contributed by atoms with Crippen LogP contribution in [0.5, 0.6) is 0 Å². The van der Waals surface area contributed by atoms with E-state index in [1.54, 1.807) is 18.2 Å². The van der Waals surface area contributed by atoms with Crippen LogP contribution in [0.4, 0.5) is 0 Å². The van der Waals surface area contributed by atoms with Gasteiger partial charge in [0.25, 0.3) is 0 Å². The van der Waals surface area contributed by atoms with E-state index in [9.17, 15) is 14.4 Å². The topological polar surface area (TPSA) is 207 Å². The minimum Gasteiger partial charge on any atom is -0.358 e. The van der Waals surface area contributed by atoms with Gasteiger partial charge in [0.05, 0.1) is 29.6 Å². The summed E-state index contributed by atoms with van der Waals surface area (Å²) in [6.07, 6.45) is 7.46. The van der Waals surface area contributed by atoms with Crippen molar-refractivity contribution in [2.24, 2.45) is 17.4 Å². The van der Waals surface area contributed by atoms with E-state index in [0.29, 0.717) is 47.0 Å². The van der Waals surface area contributed by atoms with Gasteiger partial charge in [-0.1, -0.05) is 29.3 Å². The molecule has 1 aromatic rings. The minimum atomic E-state index is -0.767. The van der Waals surface area contributed by atoms with E-state index >= 15 is 0 Å². The molecule has 0 spiro atoms. The summed E-state index contributed by atoms with van der Waals surface area (Å²) in [5, 5.41) is 12.8. The Balaban J connectivity index is 1.99. The standard InChI is InChI=1S/C28H48Cl2N8O3/c29-21-12-9-19(15-22(21)30)16-25(39)37-24(6-2-4-14-32)27(41)38-23(5-1-3-13-31)26(40)35-17-18-7-10-20(11-8-18)36-28(33)34/h9,12,15,18,20,23-24,28,36H,1-8,10-11,13-14,16-17,31-34H2,(H,35,40)(H,37,39)(H,38,41)/p+2/t18?,20?,23-,24-/m0/s1. The highest BCUT2D eigenvalue weighted by atomic mass is 35.5. The first kappa shape index (κ1) is 35.2. The van der Waals surface area contributed by atoms with Crippen LogP contribution in [0.3, 0.4) is 0 Å². The third-order valence-electron chi connectivity index (χ3n) is 7.46. The smallest absolute Gasteiger partial charge is 0.243 e. The molecule has 232 valence electrons. The first-order valence-electron chi connectivity index (χ1n) is 14.8. The number of unbranched alkanes of at least 4 members (excludes halogenated alkanes) is 2. The van der Waals surface area contributed by atoms with Crippen molar-refractivity contribution < 1.29 is 25.9 Å². The van der Waals surface area contributed by atoms with Crippen molar-refractivity contribution in [3.8, 4) is 0 Å². The van der Waals surface area contributed by atoms with E-state index in [0.717, 1.165) is 64.5 Å². The van der Waals surface area contributed by atoms with Crippen molar-refractivity contribution in [2.75, 3.05) is 19.6 Å². The van der Waals surface area contributed by atoms with Crippen molar-refractivity contribution >= 4 is 40.9 Å². The molecule has 1 aliphatic rings. The third kappa shape index (κ3) is 13.7. The van der Waals surface area contributed by atoms with Crippen LogP contribution in [-0.2, 0) is 20.8 Å².